The molecule has 0 N–H and O–H groups in total. The summed E-state index contributed by atoms with van der Waals surface area (Å²) in [5.74, 6) is 1.08. The van der Waals surface area contributed by atoms with E-state index in [1.54, 1.807) is 25.4 Å². The van der Waals surface area contributed by atoms with Gasteiger partial charge in [-0.1, -0.05) is 5.16 Å². The van der Waals surface area contributed by atoms with Crippen molar-refractivity contribution in [2.75, 3.05) is 29.6 Å². The summed E-state index contributed by atoms with van der Waals surface area (Å²) in [7, 11) is 0. The van der Waals surface area contributed by atoms with Crippen molar-refractivity contribution < 1.29 is 22.4 Å². The lowest BCUT2D eigenvalue weighted by molar-refractivity contribution is -0.153. The fourth-order valence-corrected chi connectivity index (χ4v) is 4.62. The molecule has 4 aromatic rings. The molecule has 0 aliphatic carbocycles. The van der Waals surface area contributed by atoms with Crippen LogP contribution in [0.3, 0.4) is 0 Å². The number of aryl methyl sites for hydroxylation is 1. The average molecular weight is 562 g/mol. The van der Waals surface area contributed by atoms with Crippen molar-refractivity contribution in [2.45, 2.75) is 51.6 Å². The van der Waals surface area contributed by atoms with Gasteiger partial charge in [0.25, 0.3) is 11.1 Å². The number of hydrogen-bond donors (Lipinski definition) is 0. The van der Waals surface area contributed by atoms with E-state index < -0.39 is 17.8 Å². The molecule has 0 amide bonds. The lowest BCUT2D eigenvalue weighted by Crippen LogP contribution is -2.52. The molecule has 4 aromatic heterocycles. The highest BCUT2D eigenvalue weighted by Crippen LogP contribution is 2.35. The van der Waals surface area contributed by atoms with Crippen molar-refractivity contribution in [3.63, 3.8) is 0 Å². The molecule has 0 spiro atoms. The van der Waals surface area contributed by atoms with Gasteiger partial charge in [0.2, 0.25) is 17.6 Å². The molecule has 0 saturated carbocycles. The number of nitrogens with zero attached hydrogens (tertiary/aromatic N) is 9. The summed E-state index contributed by atoms with van der Waals surface area (Å²) >= 11 is 0. The van der Waals surface area contributed by atoms with Gasteiger partial charge >= 0.3 is 6.18 Å². The third kappa shape index (κ3) is 5.66. The first-order valence-corrected chi connectivity index (χ1v) is 12.5. The molecule has 13 nitrogen and oxygen atoms in total. The van der Waals surface area contributed by atoms with E-state index in [0.29, 0.717) is 37.2 Å². The van der Waals surface area contributed by atoms with E-state index in [9.17, 15) is 22.8 Å². The third-order valence-electron chi connectivity index (χ3n) is 6.52. The topological polar surface area (TPSA) is 137 Å². The lowest BCUT2D eigenvalue weighted by Gasteiger charge is -2.39. The molecule has 1 fully saturated rings. The van der Waals surface area contributed by atoms with E-state index in [4.69, 9.17) is 9.26 Å². The molecule has 0 unspecified atom stereocenters. The Morgan fingerprint density at radius 1 is 1.10 bits per heavy atom. The quantitative estimate of drug-likeness (QED) is 0.361. The maximum Gasteiger partial charge on any atom is 0.408 e. The number of morpholine rings is 1. The minimum atomic E-state index is -4.50. The smallest absolute Gasteiger partial charge is 0.377 e. The summed E-state index contributed by atoms with van der Waals surface area (Å²) in [6, 6.07) is 2.60. The number of alkyl halides is 3. The van der Waals surface area contributed by atoms with Crippen LogP contribution >= 0.6 is 0 Å². The Morgan fingerprint density at radius 3 is 2.60 bits per heavy atom. The van der Waals surface area contributed by atoms with Crippen LogP contribution in [-0.2, 0) is 17.8 Å². The van der Waals surface area contributed by atoms with E-state index in [1.165, 1.54) is 27.3 Å². The lowest BCUT2D eigenvalue weighted by atomic mass is 10.1. The van der Waals surface area contributed by atoms with Crippen LogP contribution in [-0.4, -0.2) is 72.1 Å². The van der Waals surface area contributed by atoms with Gasteiger partial charge in [-0.05, 0) is 26.3 Å². The fraction of sp³-hybridized carbons (Fsp3) is 0.458. The summed E-state index contributed by atoms with van der Waals surface area (Å²) in [5.41, 5.74) is -0.501. The molecule has 2 atom stereocenters. The van der Waals surface area contributed by atoms with Crippen molar-refractivity contribution in [2.24, 2.45) is 0 Å². The highest BCUT2D eigenvalue weighted by atomic mass is 19.4. The van der Waals surface area contributed by atoms with Crippen LogP contribution in [0.5, 0.6) is 0 Å². The first-order chi connectivity index (χ1) is 19.1. The van der Waals surface area contributed by atoms with Gasteiger partial charge in [0.05, 0.1) is 19.3 Å². The van der Waals surface area contributed by atoms with Crippen LogP contribution in [0.25, 0.3) is 5.78 Å². The normalized spacial score (nSPS) is 19.2. The largest absolute Gasteiger partial charge is 0.408 e. The molecular formula is C24H26F3N9O4. The zero-order chi connectivity index (χ0) is 28.4. The summed E-state index contributed by atoms with van der Waals surface area (Å²) in [6.45, 7) is 4.55. The molecule has 2 aliphatic heterocycles. The molecular weight excluding hydrogens is 535 g/mol. The van der Waals surface area contributed by atoms with Gasteiger partial charge in [-0.25, -0.2) is 9.97 Å². The van der Waals surface area contributed by atoms with Crippen LogP contribution in [0.1, 0.15) is 25.1 Å². The third-order valence-corrected chi connectivity index (χ3v) is 6.52. The molecule has 16 heteroatoms. The maximum absolute atomic E-state index is 13.8. The molecule has 0 aromatic carbocycles. The maximum atomic E-state index is 13.8. The zero-order valence-electron chi connectivity index (χ0n) is 21.7. The molecule has 2 aliphatic rings. The van der Waals surface area contributed by atoms with Crippen molar-refractivity contribution in [3.8, 4) is 0 Å². The van der Waals surface area contributed by atoms with E-state index in [1.807, 2.05) is 11.8 Å². The van der Waals surface area contributed by atoms with Gasteiger partial charge in [-0.2, -0.15) is 23.1 Å². The highest BCUT2D eigenvalue weighted by molar-refractivity contribution is 5.47. The fourth-order valence-electron chi connectivity index (χ4n) is 4.62. The number of anilines is 2. The van der Waals surface area contributed by atoms with Crippen molar-refractivity contribution in [3.05, 3.63) is 69.2 Å². The van der Waals surface area contributed by atoms with Crippen molar-refractivity contribution in [1.29, 1.82) is 0 Å². The predicted octanol–water partition coefficient (Wildman–Crippen LogP) is 1.59. The van der Waals surface area contributed by atoms with Crippen LogP contribution in [0.4, 0.5) is 24.9 Å². The number of fused-ring (bicyclic) bond motifs is 2. The van der Waals surface area contributed by atoms with E-state index >= 15 is 0 Å². The highest BCUT2D eigenvalue weighted by Gasteiger charge is 2.47. The second-order valence-electron chi connectivity index (χ2n) is 9.30. The molecule has 40 heavy (non-hydrogen) atoms. The SMILES string of the molecule is Cc1noc(CN2c3nc(N4CCOC[C@H]4C)cc(=O)n3CC[C@H]2C(F)(F)F)n1.O=c1ccnc2ncccn12. The monoisotopic (exact) mass is 561 g/mol. The number of aromatic nitrogens is 7. The van der Waals surface area contributed by atoms with Gasteiger partial charge in [0, 0.05) is 43.8 Å². The van der Waals surface area contributed by atoms with Gasteiger partial charge in [-0.15, -0.1) is 0 Å². The van der Waals surface area contributed by atoms with E-state index in [0.717, 1.165) is 4.90 Å². The van der Waals surface area contributed by atoms with Crippen LogP contribution < -0.4 is 20.9 Å². The minimum Gasteiger partial charge on any atom is -0.377 e. The minimum absolute atomic E-state index is 0.0320. The number of ether oxygens (including phenoxy) is 1. The van der Waals surface area contributed by atoms with Crippen molar-refractivity contribution >= 4 is 17.5 Å². The summed E-state index contributed by atoms with van der Waals surface area (Å²) in [6.07, 6.45) is -0.0804. The Hall–Kier alpha value is -4.34. The Bertz CT molecular complexity index is 1600. The second-order valence-corrected chi connectivity index (χ2v) is 9.30. The van der Waals surface area contributed by atoms with Gasteiger partial charge < -0.3 is 19.1 Å². The second kappa shape index (κ2) is 11.0. The molecule has 6 heterocycles. The molecule has 0 radical (unpaired) electrons. The summed E-state index contributed by atoms with van der Waals surface area (Å²) in [5, 5.41) is 3.64. The number of hydrogen-bond acceptors (Lipinski definition) is 11. The zero-order valence-corrected chi connectivity index (χ0v) is 21.7. The standard InChI is InChI=1S/C17H21F3N6O3.C7H5N3O/c1-10-9-28-6-5-24(10)13-7-15(27)25-4-3-12(17(18,19)20)26(16(25)22-13)8-14-21-11(2)23-29-14;11-6-2-4-9-7-8-3-1-5-10(6)7/h7,10,12H,3-6,8-9H2,1-2H3;1-5H/t10-,12+;/m1./s1. The molecule has 212 valence electrons. The Kier molecular flexibility index (Phi) is 7.51. The van der Waals surface area contributed by atoms with E-state index in [-0.39, 0.29) is 43.0 Å². The first kappa shape index (κ1) is 27.2. The molecule has 6 rings (SSSR count). The Balaban J connectivity index is 0.000000244. The Morgan fingerprint density at radius 2 is 1.90 bits per heavy atom. The van der Waals surface area contributed by atoms with Gasteiger partial charge in [0.1, 0.15) is 18.4 Å². The summed E-state index contributed by atoms with van der Waals surface area (Å²) < 4.78 is 54.4. The van der Waals surface area contributed by atoms with Crippen molar-refractivity contribution in [1.82, 2.24) is 34.1 Å². The number of halogens is 3. The predicted molar refractivity (Wildman–Crippen MR) is 135 cm³/mol. The summed E-state index contributed by atoms with van der Waals surface area (Å²) in [4.78, 5) is 42.9. The average Bonchev–Trinajstić information content (AvgIpc) is 3.33. The van der Waals surface area contributed by atoms with Gasteiger partial charge in [-0.3, -0.25) is 18.6 Å². The first-order valence-electron chi connectivity index (χ1n) is 12.5. The van der Waals surface area contributed by atoms with Crippen LogP contribution in [0, 0.1) is 6.92 Å². The Labute approximate surface area is 224 Å². The van der Waals surface area contributed by atoms with Crippen LogP contribution in [0.2, 0.25) is 0 Å². The number of rotatable bonds is 3. The molecule has 1 saturated heterocycles. The van der Waals surface area contributed by atoms with Crippen LogP contribution in [0.15, 0.2) is 50.9 Å². The van der Waals surface area contributed by atoms with Gasteiger partial charge in [0.15, 0.2) is 5.82 Å². The molecule has 0 bridgehead atoms. The van der Waals surface area contributed by atoms with E-state index in [2.05, 4.69) is 25.1 Å².